The van der Waals surface area contributed by atoms with Crippen molar-refractivity contribution in [2.24, 2.45) is 0 Å². The molecule has 10 heteroatoms. The van der Waals surface area contributed by atoms with Gasteiger partial charge in [-0.2, -0.15) is 0 Å². The van der Waals surface area contributed by atoms with Gasteiger partial charge in [0.05, 0.1) is 13.0 Å². The topological polar surface area (TPSA) is 114 Å². The van der Waals surface area contributed by atoms with Crippen LogP contribution in [0.2, 0.25) is 0 Å². The van der Waals surface area contributed by atoms with Gasteiger partial charge in [-0.05, 0) is 42.8 Å². The van der Waals surface area contributed by atoms with Crippen molar-refractivity contribution in [3.63, 3.8) is 0 Å². The largest absolute Gasteiger partial charge is 0.582 e. The predicted molar refractivity (Wildman–Crippen MR) is 90.9 cm³/mol. The Morgan fingerprint density at radius 2 is 2.20 bits per heavy atom. The van der Waals surface area contributed by atoms with E-state index in [0.717, 1.165) is 30.7 Å². The molecule has 0 unspecified atom stereocenters. The molecule has 1 saturated heterocycles. The van der Waals surface area contributed by atoms with Crippen LogP contribution in [0, 0.1) is 5.21 Å². The second kappa shape index (κ2) is 7.79. The van der Waals surface area contributed by atoms with Crippen molar-refractivity contribution in [2.45, 2.75) is 25.4 Å². The lowest BCUT2D eigenvalue weighted by Gasteiger charge is -2.22. The molecule has 134 valence electrons. The number of hydrogen-bond donors (Lipinski definition) is 3. The van der Waals surface area contributed by atoms with Crippen LogP contribution in [0.5, 0.6) is 0 Å². The lowest BCUT2D eigenvalue weighted by Crippen LogP contribution is -2.46. The first-order valence-corrected chi connectivity index (χ1v) is 8.82. The Morgan fingerprint density at radius 3 is 2.96 bits per heavy atom. The molecule has 0 atom stereocenters. The summed E-state index contributed by atoms with van der Waals surface area (Å²) in [5.74, 6) is -0.358. The Balaban J connectivity index is 1.60. The fraction of sp³-hybridized carbons (Fsp3) is 0.467. The Morgan fingerprint density at radius 1 is 1.44 bits per heavy atom. The highest BCUT2D eigenvalue weighted by Gasteiger charge is 2.24. The van der Waals surface area contributed by atoms with E-state index in [9.17, 15) is 15.2 Å². The number of hydrogen-bond acceptors (Lipinski definition) is 7. The molecule has 0 spiro atoms. The number of aromatic nitrogens is 3. The summed E-state index contributed by atoms with van der Waals surface area (Å²) < 4.78 is 6.87. The number of halogens is 1. The second-order valence-corrected chi connectivity index (χ2v) is 6.67. The number of esters is 1. The summed E-state index contributed by atoms with van der Waals surface area (Å²) in [4.78, 5) is 12.3. The molecule has 1 fully saturated rings. The summed E-state index contributed by atoms with van der Waals surface area (Å²) in [7, 11) is 0. The van der Waals surface area contributed by atoms with Gasteiger partial charge >= 0.3 is 17.4 Å². The first kappa shape index (κ1) is 17.6. The number of ether oxygens (including phenoxy) is 1. The Hall–Kier alpha value is -2.20. The van der Waals surface area contributed by atoms with Gasteiger partial charge in [0.15, 0.2) is 0 Å². The number of rotatable bonds is 5. The fourth-order valence-corrected chi connectivity index (χ4v) is 3.02. The summed E-state index contributed by atoms with van der Waals surface area (Å²) in [5, 5.41) is 31.9. The van der Waals surface area contributed by atoms with Crippen LogP contribution in [-0.2, 0) is 9.53 Å². The number of carbonyl (C=O) groups excluding carboxylic acids is 1. The molecular formula is C15H19BrN5O4+. The maximum atomic E-state index is 12.0. The number of piperidine rings is 1. The van der Waals surface area contributed by atoms with Crippen LogP contribution >= 0.6 is 15.9 Å². The molecule has 2 heterocycles. The second-order valence-electron chi connectivity index (χ2n) is 5.76. The molecule has 3 N–H and O–H groups in total. The summed E-state index contributed by atoms with van der Waals surface area (Å²) >= 11 is 3.27. The van der Waals surface area contributed by atoms with E-state index in [1.807, 2.05) is 0 Å². The van der Waals surface area contributed by atoms with Crippen LogP contribution in [0.1, 0.15) is 19.3 Å². The van der Waals surface area contributed by atoms with Crippen LogP contribution in [-0.4, -0.2) is 42.0 Å². The van der Waals surface area contributed by atoms with Gasteiger partial charge in [-0.25, -0.2) is 0 Å². The first-order chi connectivity index (χ1) is 12.0. The van der Waals surface area contributed by atoms with E-state index in [2.05, 4.69) is 31.7 Å². The third kappa shape index (κ3) is 4.26. The monoisotopic (exact) mass is 412 g/mol. The van der Waals surface area contributed by atoms with E-state index in [1.165, 1.54) is 0 Å². The first-order valence-electron chi connectivity index (χ1n) is 8.03. The normalized spacial score (nSPS) is 15.2. The minimum atomic E-state index is -0.316. The minimum absolute atomic E-state index is 0.0421. The molecule has 1 aliphatic rings. The number of anilines is 1. The van der Waals surface area contributed by atoms with Gasteiger partial charge in [0.2, 0.25) is 10.6 Å². The zero-order chi connectivity index (χ0) is 17.8. The fourth-order valence-electron chi connectivity index (χ4n) is 2.67. The van der Waals surface area contributed by atoms with Gasteiger partial charge in [-0.1, -0.05) is 15.9 Å². The van der Waals surface area contributed by atoms with Gasteiger partial charge < -0.3 is 20.5 Å². The van der Waals surface area contributed by atoms with E-state index in [0.29, 0.717) is 14.8 Å². The predicted octanol–water partition coefficient (Wildman–Crippen LogP) is 0.253. The van der Waals surface area contributed by atoms with Gasteiger partial charge in [0.1, 0.15) is 6.10 Å². The minimum Gasteiger partial charge on any atom is -0.582 e. The van der Waals surface area contributed by atoms with Crippen molar-refractivity contribution in [1.82, 2.24) is 10.4 Å². The zero-order valence-corrected chi connectivity index (χ0v) is 15.0. The van der Waals surface area contributed by atoms with Crippen LogP contribution in [0.25, 0.3) is 11.0 Å². The van der Waals surface area contributed by atoms with Gasteiger partial charge in [-0.15, -0.1) is 0 Å². The molecule has 0 bridgehead atoms. The Bertz CT molecular complexity index is 782. The van der Waals surface area contributed by atoms with Crippen LogP contribution < -0.4 is 20.2 Å². The highest BCUT2D eigenvalue weighted by atomic mass is 79.9. The molecule has 2 aromatic rings. The molecule has 1 aromatic heterocycles. The summed E-state index contributed by atoms with van der Waals surface area (Å²) in [6.45, 7) is 1.89. The highest BCUT2D eigenvalue weighted by molar-refractivity contribution is 9.10. The molecule has 9 nitrogen and oxygen atoms in total. The quantitative estimate of drug-likeness (QED) is 0.279. The SMILES string of the molecule is O=C(CCNc1n[n+]([O-])c2cc(Br)ccc2[n+]1O)OC1CCNCC1. The average Bonchev–Trinajstić information content (AvgIpc) is 2.60. The summed E-state index contributed by atoms with van der Waals surface area (Å²) in [5.41, 5.74) is 0.515. The molecule has 1 aromatic carbocycles. The average molecular weight is 413 g/mol. The lowest BCUT2D eigenvalue weighted by atomic mass is 10.1. The van der Waals surface area contributed by atoms with Crippen molar-refractivity contribution in [1.29, 1.82) is 0 Å². The maximum Gasteiger partial charge on any atom is 0.496 e. The zero-order valence-electron chi connectivity index (χ0n) is 13.4. The number of nitrogens with one attached hydrogen (secondary N) is 2. The standard InChI is InChI=1S/C15H18BrN5O4/c16-10-1-2-12-13(9-10)21(24)19-15(20(12)23)18-8-5-14(22)25-11-3-6-17-7-4-11/h1-2,9,11,17,23H,3-8H2/p+1. The maximum absolute atomic E-state index is 12.0. The number of nitrogens with zero attached hydrogens (tertiary/aromatic N) is 3. The van der Waals surface area contributed by atoms with Gasteiger partial charge in [-0.3, -0.25) is 10.1 Å². The molecular weight excluding hydrogens is 394 g/mol. The van der Waals surface area contributed by atoms with Crippen molar-refractivity contribution in [3.05, 3.63) is 27.9 Å². The van der Waals surface area contributed by atoms with Gasteiger partial charge in [0.25, 0.3) is 0 Å². The van der Waals surface area contributed by atoms with E-state index in [1.54, 1.807) is 18.2 Å². The number of benzene rings is 1. The van der Waals surface area contributed by atoms with Crippen molar-refractivity contribution in [2.75, 3.05) is 25.0 Å². The molecule has 3 rings (SSSR count). The van der Waals surface area contributed by atoms with Crippen LogP contribution in [0.15, 0.2) is 22.7 Å². The highest BCUT2D eigenvalue weighted by Crippen LogP contribution is 2.14. The smallest absolute Gasteiger partial charge is 0.496 e. The van der Waals surface area contributed by atoms with Crippen LogP contribution in [0.3, 0.4) is 0 Å². The molecule has 0 aliphatic carbocycles. The number of carbonyl (C=O) groups is 1. The molecule has 25 heavy (non-hydrogen) atoms. The van der Waals surface area contributed by atoms with E-state index < -0.39 is 0 Å². The van der Waals surface area contributed by atoms with Crippen molar-refractivity contribution >= 4 is 38.9 Å². The third-order valence-corrected chi connectivity index (χ3v) is 4.45. The summed E-state index contributed by atoms with van der Waals surface area (Å²) in [6, 6.07) is 4.85. The molecule has 0 saturated carbocycles. The Labute approximate surface area is 152 Å². The van der Waals surface area contributed by atoms with E-state index in [-0.39, 0.29) is 36.5 Å². The van der Waals surface area contributed by atoms with E-state index in [4.69, 9.17) is 4.74 Å². The summed E-state index contributed by atoms with van der Waals surface area (Å²) in [6.07, 6.45) is 1.70. The molecule has 0 amide bonds. The lowest BCUT2D eigenvalue weighted by molar-refractivity contribution is -0.883. The molecule has 0 radical (unpaired) electrons. The molecule has 1 aliphatic heterocycles. The Kier molecular flexibility index (Phi) is 5.49. The third-order valence-electron chi connectivity index (χ3n) is 3.95. The van der Waals surface area contributed by atoms with Crippen LogP contribution in [0.4, 0.5) is 5.95 Å². The van der Waals surface area contributed by atoms with Crippen molar-refractivity contribution in [3.8, 4) is 0 Å². The van der Waals surface area contributed by atoms with Gasteiger partial charge in [0, 0.05) is 15.4 Å². The van der Waals surface area contributed by atoms with Crippen molar-refractivity contribution < 1.29 is 24.3 Å². The van der Waals surface area contributed by atoms with E-state index >= 15 is 0 Å². The number of fused-ring (bicyclic) bond motifs is 1.